The Balaban J connectivity index is 2.82. The van der Waals surface area contributed by atoms with Crippen LogP contribution in [0.2, 0.25) is 0 Å². The number of hydrogen-bond donors (Lipinski definition) is 0. The summed E-state index contributed by atoms with van der Waals surface area (Å²) in [6.45, 7) is 8.87. The van der Waals surface area contributed by atoms with E-state index in [0.29, 0.717) is 6.04 Å². The van der Waals surface area contributed by atoms with Crippen LogP contribution < -0.4 is 0 Å². The van der Waals surface area contributed by atoms with E-state index in [1.54, 1.807) is 0 Å². The fourth-order valence-electron chi connectivity index (χ4n) is 1.77. The standard InChI is InChI=1S/C11H19BrN2/c1-5-14(6-2)9(3)10-7-11(12)13(4)8-10/h7-9H,5-6H2,1-4H3. The lowest BCUT2D eigenvalue weighted by atomic mass is 10.1. The fraction of sp³-hybridized carbons (Fsp3) is 0.636. The molecule has 1 aromatic rings. The zero-order valence-electron chi connectivity index (χ0n) is 9.42. The molecular formula is C11H19BrN2. The van der Waals surface area contributed by atoms with E-state index in [1.165, 1.54) is 5.56 Å². The maximum atomic E-state index is 3.52. The van der Waals surface area contributed by atoms with E-state index in [4.69, 9.17) is 0 Å². The second-order valence-electron chi connectivity index (χ2n) is 3.60. The lowest BCUT2D eigenvalue weighted by molar-refractivity contribution is 0.234. The highest BCUT2D eigenvalue weighted by Gasteiger charge is 2.14. The zero-order chi connectivity index (χ0) is 10.7. The third-order valence-electron chi connectivity index (χ3n) is 2.81. The van der Waals surface area contributed by atoms with Gasteiger partial charge in [0.25, 0.3) is 0 Å². The van der Waals surface area contributed by atoms with Gasteiger partial charge < -0.3 is 4.57 Å². The first-order valence-corrected chi connectivity index (χ1v) is 5.95. The molecule has 0 aromatic carbocycles. The number of aryl methyl sites for hydroxylation is 1. The summed E-state index contributed by atoms with van der Waals surface area (Å²) < 4.78 is 3.25. The van der Waals surface area contributed by atoms with Gasteiger partial charge in [-0.05, 0) is 47.6 Å². The predicted octanol–water partition coefficient (Wildman–Crippen LogP) is 3.19. The second-order valence-corrected chi connectivity index (χ2v) is 4.42. The molecule has 1 rings (SSSR count). The van der Waals surface area contributed by atoms with Crippen molar-refractivity contribution in [2.24, 2.45) is 7.05 Å². The molecule has 0 aliphatic carbocycles. The van der Waals surface area contributed by atoms with Crippen LogP contribution in [0, 0.1) is 0 Å². The van der Waals surface area contributed by atoms with E-state index in [2.05, 4.69) is 65.5 Å². The maximum absolute atomic E-state index is 3.52. The average Bonchev–Trinajstić information content (AvgIpc) is 2.49. The molecule has 1 unspecified atom stereocenters. The Kier molecular flexibility index (Phi) is 4.20. The lowest BCUT2D eigenvalue weighted by Crippen LogP contribution is -2.26. The molecule has 0 bridgehead atoms. The zero-order valence-corrected chi connectivity index (χ0v) is 11.0. The van der Waals surface area contributed by atoms with E-state index < -0.39 is 0 Å². The lowest BCUT2D eigenvalue weighted by Gasteiger charge is -2.25. The van der Waals surface area contributed by atoms with Crippen LogP contribution in [0.4, 0.5) is 0 Å². The van der Waals surface area contributed by atoms with Crippen molar-refractivity contribution in [1.82, 2.24) is 9.47 Å². The molecule has 0 spiro atoms. The SMILES string of the molecule is CCN(CC)C(C)c1cc(Br)n(C)c1. The average molecular weight is 259 g/mol. The quantitative estimate of drug-likeness (QED) is 0.806. The molecule has 0 amide bonds. The van der Waals surface area contributed by atoms with Crippen molar-refractivity contribution in [2.45, 2.75) is 26.8 Å². The third-order valence-corrected chi connectivity index (χ3v) is 3.60. The number of halogens is 1. The summed E-state index contributed by atoms with van der Waals surface area (Å²) in [7, 11) is 2.06. The van der Waals surface area contributed by atoms with Gasteiger partial charge in [-0.3, -0.25) is 4.90 Å². The molecular weight excluding hydrogens is 240 g/mol. The Bertz CT molecular complexity index is 270. The van der Waals surface area contributed by atoms with Crippen molar-refractivity contribution in [3.05, 3.63) is 22.4 Å². The first kappa shape index (κ1) is 11.8. The third kappa shape index (κ3) is 2.39. The summed E-state index contributed by atoms with van der Waals surface area (Å²) in [4.78, 5) is 2.45. The van der Waals surface area contributed by atoms with Crippen LogP contribution in [0.3, 0.4) is 0 Å². The smallest absolute Gasteiger partial charge is 0.0847 e. The molecule has 3 heteroatoms. The summed E-state index contributed by atoms with van der Waals surface area (Å²) in [6, 6.07) is 2.70. The van der Waals surface area contributed by atoms with Crippen LogP contribution >= 0.6 is 15.9 Å². The number of rotatable bonds is 4. The second kappa shape index (κ2) is 4.99. The highest BCUT2D eigenvalue weighted by molar-refractivity contribution is 9.10. The molecule has 1 heterocycles. The molecule has 0 saturated heterocycles. The van der Waals surface area contributed by atoms with Crippen molar-refractivity contribution in [3.63, 3.8) is 0 Å². The van der Waals surface area contributed by atoms with E-state index in [1.807, 2.05) is 0 Å². The number of nitrogens with zero attached hydrogens (tertiary/aromatic N) is 2. The van der Waals surface area contributed by atoms with Crippen LogP contribution in [0.15, 0.2) is 16.9 Å². The highest BCUT2D eigenvalue weighted by atomic mass is 79.9. The summed E-state index contributed by atoms with van der Waals surface area (Å²) in [6.07, 6.45) is 2.19. The molecule has 1 aromatic heterocycles. The summed E-state index contributed by atoms with van der Waals surface area (Å²) in [5.74, 6) is 0. The Morgan fingerprint density at radius 3 is 2.36 bits per heavy atom. The Morgan fingerprint density at radius 2 is 2.00 bits per heavy atom. The molecule has 2 nitrogen and oxygen atoms in total. The van der Waals surface area contributed by atoms with Gasteiger partial charge in [-0.15, -0.1) is 0 Å². The highest BCUT2D eigenvalue weighted by Crippen LogP contribution is 2.23. The molecule has 0 fully saturated rings. The van der Waals surface area contributed by atoms with Gasteiger partial charge in [0.05, 0.1) is 4.60 Å². The van der Waals surface area contributed by atoms with E-state index in [-0.39, 0.29) is 0 Å². The number of hydrogen-bond acceptors (Lipinski definition) is 1. The van der Waals surface area contributed by atoms with Gasteiger partial charge in [-0.2, -0.15) is 0 Å². The molecule has 0 N–H and O–H groups in total. The van der Waals surface area contributed by atoms with Crippen molar-refractivity contribution < 1.29 is 0 Å². The van der Waals surface area contributed by atoms with Gasteiger partial charge >= 0.3 is 0 Å². The monoisotopic (exact) mass is 258 g/mol. The Morgan fingerprint density at radius 1 is 1.43 bits per heavy atom. The van der Waals surface area contributed by atoms with Crippen LogP contribution in [0.1, 0.15) is 32.4 Å². The summed E-state index contributed by atoms with van der Waals surface area (Å²) in [5, 5.41) is 0. The molecule has 0 aliphatic heterocycles. The first-order chi connectivity index (χ1) is 6.60. The van der Waals surface area contributed by atoms with Gasteiger partial charge in [0.2, 0.25) is 0 Å². The minimum atomic E-state index is 0.502. The first-order valence-electron chi connectivity index (χ1n) is 5.15. The van der Waals surface area contributed by atoms with E-state index in [0.717, 1.165) is 17.7 Å². The maximum Gasteiger partial charge on any atom is 0.0847 e. The van der Waals surface area contributed by atoms with Gasteiger partial charge in [0, 0.05) is 19.3 Å². The predicted molar refractivity (Wildman–Crippen MR) is 64.4 cm³/mol. The van der Waals surface area contributed by atoms with Crippen molar-refractivity contribution in [1.29, 1.82) is 0 Å². The van der Waals surface area contributed by atoms with Crippen molar-refractivity contribution in [2.75, 3.05) is 13.1 Å². The van der Waals surface area contributed by atoms with E-state index >= 15 is 0 Å². The molecule has 0 aliphatic rings. The van der Waals surface area contributed by atoms with Crippen LogP contribution in [0.25, 0.3) is 0 Å². The molecule has 0 saturated carbocycles. The minimum Gasteiger partial charge on any atom is -0.345 e. The molecule has 1 atom stereocenters. The van der Waals surface area contributed by atoms with Crippen LogP contribution in [-0.2, 0) is 7.05 Å². The number of aromatic nitrogens is 1. The van der Waals surface area contributed by atoms with Gasteiger partial charge in [-0.1, -0.05) is 13.8 Å². The van der Waals surface area contributed by atoms with Gasteiger partial charge in [0.15, 0.2) is 0 Å². The normalized spacial score (nSPS) is 13.6. The van der Waals surface area contributed by atoms with Crippen LogP contribution in [0.5, 0.6) is 0 Å². The topological polar surface area (TPSA) is 8.17 Å². The molecule has 0 radical (unpaired) electrons. The van der Waals surface area contributed by atoms with E-state index in [9.17, 15) is 0 Å². The van der Waals surface area contributed by atoms with Gasteiger partial charge in [-0.25, -0.2) is 0 Å². The Hall–Kier alpha value is -0.280. The van der Waals surface area contributed by atoms with Gasteiger partial charge in [0.1, 0.15) is 0 Å². The molecule has 80 valence electrons. The van der Waals surface area contributed by atoms with Crippen LogP contribution in [-0.4, -0.2) is 22.6 Å². The van der Waals surface area contributed by atoms with Crippen molar-refractivity contribution >= 4 is 15.9 Å². The summed E-state index contributed by atoms with van der Waals surface area (Å²) >= 11 is 3.52. The fourth-order valence-corrected chi connectivity index (χ4v) is 2.14. The minimum absolute atomic E-state index is 0.502. The van der Waals surface area contributed by atoms with Crippen molar-refractivity contribution in [3.8, 4) is 0 Å². The largest absolute Gasteiger partial charge is 0.345 e. The Labute approximate surface area is 95.0 Å². The molecule has 14 heavy (non-hydrogen) atoms. The summed E-state index contributed by atoms with van der Waals surface area (Å²) in [5.41, 5.74) is 1.38.